The predicted molar refractivity (Wildman–Crippen MR) is 144 cm³/mol. The fraction of sp³-hybridized carbons (Fsp3) is 0.0882. The number of hydrogen-bond donors (Lipinski definition) is 0. The average molecular weight is 478 g/mol. The molecule has 5 aromatic rings. The lowest BCUT2D eigenvalue weighted by Gasteiger charge is -2.42. The summed E-state index contributed by atoms with van der Waals surface area (Å²) in [5.74, 6) is 3.24. The zero-order valence-electron chi connectivity index (χ0n) is 20.1. The molecule has 1 spiro atoms. The first-order chi connectivity index (χ1) is 18.4. The molecule has 176 valence electrons. The molecule has 1 unspecified atom stereocenters. The molecule has 2 aliphatic carbocycles. The van der Waals surface area contributed by atoms with E-state index in [4.69, 9.17) is 9.15 Å². The van der Waals surface area contributed by atoms with Crippen LogP contribution >= 0.6 is 0 Å². The van der Waals surface area contributed by atoms with E-state index in [1.54, 1.807) is 0 Å². The third-order valence-corrected chi connectivity index (χ3v) is 7.99. The number of ether oxygens (including phenoxy) is 1. The SMILES string of the molecule is C1=CC2=C(Oc3ccccc3C23c2ccccc2-c2ccccc23)C(c2cnc(-c3ccccc3)o2)C1. The monoisotopic (exact) mass is 477 g/mol. The minimum atomic E-state index is -0.450. The molecule has 1 atom stereocenters. The van der Waals surface area contributed by atoms with Crippen LogP contribution in [0.15, 0.2) is 137 Å². The standard InChI is InChI=1S/C34H23NO2/c1-2-11-22(12-3-1)33-35-21-31(37-33)25-15-10-19-29-32(25)36-30-20-9-8-18-28(30)34(29)26-16-6-4-13-23(26)24-14-5-7-17-27(24)34/h1-14,16-21,25H,15H2. The van der Waals surface area contributed by atoms with E-state index in [9.17, 15) is 0 Å². The van der Waals surface area contributed by atoms with Crippen molar-refractivity contribution in [1.29, 1.82) is 0 Å². The van der Waals surface area contributed by atoms with E-state index in [1.165, 1.54) is 33.4 Å². The van der Waals surface area contributed by atoms with Crippen LogP contribution in [0.2, 0.25) is 0 Å². The molecule has 0 fully saturated rings. The second-order valence-corrected chi connectivity index (χ2v) is 9.84. The average Bonchev–Trinajstić information content (AvgIpc) is 3.57. The van der Waals surface area contributed by atoms with Crippen molar-refractivity contribution in [3.63, 3.8) is 0 Å². The second-order valence-electron chi connectivity index (χ2n) is 9.84. The van der Waals surface area contributed by atoms with Crippen LogP contribution in [0, 0.1) is 0 Å². The van der Waals surface area contributed by atoms with Crippen LogP contribution in [0.3, 0.4) is 0 Å². The minimum absolute atomic E-state index is 0.0601. The highest BCUT2D eigenvalue weighted by atomic mass is 16.5. The number of allylic oxidation sites excluding steroid dienone is 4. The molecule has 0 N–H and O–H groups in total. The number of oxazole rings is 1. The highest BCUT2D eigenvalue weighted by Gasteiger charge is 2.53. The summed E-state index contributed by atoms with van der Waals surface area (Å²) in [7, 11) is 0. The maximum Gasteiger partial charge on any atom is 0.226 e. The summed E-state index contributed by atoms with van der Waals surface area (Å²) in [5, 5.41) is 0. The maximum absolute atomic E-state index is 6.78. The Labute approximate surface area is 215 Å². The van der Waals surface area contributed by atoms with Gasteiger partial charge in [0.1, 0.15) is 17.3 Å². The molecule has 37 heavy (non-hydrogen) atoms. The summed E-state index contributed by atoms with van der Waals surface area (Å²) in [6.07, 6.45) is 7.19. The molecule has 0 amide bonds. The lowest BCUT2D eigenvalue weighted by molar-refractivity contribution is 0.326. The number of rotatable bonds is 2. The van der Waals surface area contributed by atoms with Crippen molar-refractivity contribution in [3.8, 4) is 28.3 Å². The summed E-state index contributed by atoms with van der Waals surface area (Å²) in [6.45, 7) is 0. The number of para-hydroxylation sites is 1. The van der Waals surface area contributed by atoms with Crippen LogP contribution in [-0.2, 0) is 5.41 Å². The van der Waals surface area contributed by atoms with Gasteiger partial charge in [-0.05, 0) is 46.9 Å². The van der Waals surface area contributed by atoms with Gasteiger partial charge in [0.15, 0.2) is 0 Å². The van der Waals surface area contributed by atoms with E-state index in [0.29, 0.717) is 5.89 Å². The van der Waals surface area contributed by atoms with Crippen molar-refractivity contribution in [2.24, 2.45) is 0 Å². The van der Waals surface area contributed by atoms with Crippen molar-refractivity contribution in [2.45, 2.75) is 17.8 Å². The van der Waals surface area contributed by atoms with Crippen molar-refractivity contribution in [2.75, 3.05) is 0 Å². The van der Waals surface area contributed by atoms with E-state index in [2.05, 4.69) is 89.9 Å². The fourth-order valence-electron chi connectivity index (χ4n) is 6.49. The molecule has 1 aliphatic heterocycles. The van der Waals surface area contributed by atoms with E-state index in [0.717, 1.165) is 29.3 Å². The van der Waals surface area contributed by atoms with Crippen LogP contribution in [0.25, 0.3) is 22.6 Å². The molecule has 0 saturated carbocycles. The van der Waals surface area contributed by atoms with Crippen molar-refractivity contribution >= 4 is 0 Å². The molecule has 8 rings (SSSR count). The van der Waals surface area contributed by atoms with E-state index < -0.39 is 5.41 Å². The van der Waals surface area contributed by atoms with E-state index in [-0.39, 0.29) is 5.92 Å². The number of aromatic nitrogens is 1. The molecule has 3 heteroatoms. The van der Waals surface area contributed by atoms with Gasteiger partial charge in [-0.1, -0.05) is 97.1 Å². The zero-order valence-corrected chi connectivity index (χ0v) is 20.1. The molecule has 0 bridgehead atoms. The number of hydrogen-bond acceptors (Lipinski definition) is 3. The Morgan fingerprint density at radius 1 is 0.703 bits per heavy atom. The Morgan fingerprint density at radius 2 is 1.35 bits per heavy atom. The van der Waals surface area contributed by atoms with Gasteiger partial charge in [0.05, 0.1) is 17.5 Å². The van der Waals surface area contributed by atoms with Gasteiger partial charge < -0.3 is 9.15 Å². The molecule has 1 aromatic heterocycles. The Morgan fingerprint density at radius 3 is 2.11 bits per heavy atom. The first kappa shape index (κ1) is 20.6. The lowest BCUT2D eigenvalue weighted by atomic mass is 9.63. The maximum atomic E-state index is 6.78. The molecular weight excluding hydrogens is 454 g/mol. The Bertz CT molecular complexity index is 1700. The Hall–Kier alpha value is -4.63. The van der Waals surface area contributed by atoms with E-state index in [1.807, 2.05) is 36.5 Å². The third kappa shape index (κ3) is 2.74. The molecule has 2 heterocycles. The van der Waals surface area contributed by atoms with Crippen LogP contribution < -0.4 is 4.74 Å². The summed E-state index contributed by atoms with van der Waals surface area (Å²) in [6, 6.07) is 36.2. The highest BCUT2D eigenvalue weighted by Crippen LogP contribution is 2.62. The number of nitrogens with zero attached hydrogens (tertiary/aromatic N) is 1. The van der Waals surface area contributed by atoms with Gasteiger partial charge in [-0.25, -0.2) is 4.98 Å². The molecule has 0 radical (unpaired) electrons. The Balaban J connectivity index is 1.39. The highest BCUT2D eigenvalue weighted by molar-refractivity contribution is 5.88. The van der Waals surface area contributed by atoms with E-state index >= 15 is 0 Å². The molecule has 3 aliphatic rings. The Kier molecular flexibility index (Phi) is 4.27. The van der Waals surface area contributed by atoms with Gasteiger partial charge in [0.2, 0.25) is 5.89 Å². The largest absolute Gasteiger partial charge is 0.460 e. The summed E-state index contributed by atoms with van der Waals surface area (Å²) >= 11 is 0. The first-order valence-corrected chi connectivity index (χ1v) is 12.7. The topological polar surface area (TPSA) is 35.3 Å². The summed E-state index contributed by atoms with van der Waals surface area (Å²) in [5.41, 5.74) is 8.04. The predicted octanol–water partition coefficient (Wildman–Crippen LogP) is 8.05. The lowest BCUT2D eigenvalue weighted by Crippen LogP contribution is -2.36. The second kappa shape index (κ2) is 7.68. The molecule has 0 saturated heterocycles. The first-order valence-electron chi connectivity index (χ1n) is 12.7. The normalized spacial score (nSPS) is 18.1. The van der Waals surface area contributed by atoms with Crippen LogP contribution in [0.4, 0.5) is 0 Å². The van der Waals surface area contributed by atoms with Gasteiger partial charge in [0.25, 0.3) is 0 Å². The van der Waals surface area contributed by atoms with Gasteiger partial charge in [0, 0.05) is 16.7 Å². The molecular formula is C34H23NO2. The van der Waals surface area contributed by atoms with Gasteiger partial charge in [-0.15, -0.1) is 0 Å². The van der Waals surface area contributed by atoms with Crippen molar-refractivity contribution < 1.29 is 9.15 Å². The quantitative estimate of drug-likeness (QED) is 0.258. The van der Waals surface area contributed by atoms with Crippen molar-refractivity contribution in [3.05, 3.63) is 155 Å². The summed E-state index contributed by atoms with van der Waals surface area (Å²) in [4.78, 5) is 4.64. The number of benzene rings is 4. The third-order valence-electron chi connectivity index (χ3n) is 7.99. The van der Waals surface area contributed by atoms with Gasteiger partial charge in [-0.3, -0.25) is 0 Å². The molecule has 4 aromatic carbocycles. The molecule has 3 nitrogen and oxygen atoms in total. The van der Waals surface area contributed by atoms with Gasteiger partial charge >= 0.3 is 0 Å². The smallest absolute Gasteiger partial charge is 0.226 e. The van der Waals surface area contributed by atoms with Crippen LogP contribution in [-0.4, -0.2) is 4.98 Å². The number of fused-ring (bicyclic) bond motifs is 8. The fourth-order valence-corrected chi connectivity index (χ4v) is 6.49. The minimum Gasteiger partial charge on any atom is -0.460 e. The zero-order chi connectivity index (χ0) is 24.4. The summed E-state index contributed by atoms with van der Waals surface area (Å²) < 4.78 is 13.2. The van der Waals surface area contributed by atoms with Crippen molar-refractivity contribution in [1.82, 2.24) is 4.98 Å². The van der Waals surface area contributed by atoms with Crippen LogP contribution in [0.5, 0.6) is 5.75 Å². The van der Waals surface area contributed by atoms with Gasteiger partial charge in [-0.2, -0.15) is 0 Å². The van der Waals surface area contributed by atoms with Crippen LogP contribution in [0.1, 0.15) is 34.8 Å².